The van der Waals surface area contributed by atoms with Gasteiger partial charge in [0.1, 0.15) is 0 Å². The first-order valence-electron chi connectivity index (χ1n) is 5.44. The molecule has 1 heterocycles. The van der Waals surface area contributed by atoms with Crippen molar-refractivity contribution in [2.75, 3.05) is 13.2 Å². The van der Waals surface area contributed by atoms with Gasteiger partial charge < -0.3 is 10.1 Å². The van der Waals surface area contributed by atoms with Gasteiger partial charge in [-0.25, -0.2) is 0 Å². The predicted octanol–water partition coefficient (Wildman–Crippen LogP) is 1.69. The number of nitriles is 1. The molecule has 0 bridgehead atoms. The third-order valence-electron chi connectivity index (χ3n) is 2.92. The van der Waals surface area contributed by atoms with Crippen LogP contribution in [-0.2, 0) is 4.74 Å². The third kappa shape index (κ3) is 3.65. The number of hydrogen-bond acceptors (Lipinski definition) is 3. The van der Waals surface area contributed by atoms with Crippen LogP contribution >= 0.6 is 0 Å². The van der Waals surface area contributed by atoms with Crippen LogP contribution in [-0.4, -0.2) is 25.3 Å². The third-order valence-corrected chi connectivity index (χ3v) is 2.92. The van der Waals surface area contributed by atoms with Crippen LogP contribution in [0, 0.1) is 17.2 Å². The second kappa shape index (κ2) is 6.00. The molecule has 14 heavy (non-hydrogen) atoms. The summed E-state index contributed by atoms with van der Waals surface area (Å²) in [6.45, 7) is 6.07. The number of rotatable bonds is 4. The summed E-state index contributed by atoms with van der Waals surface area (Å²) >= 11 is 0. The summed E-state index contributed by atoms with van der Waals surface area (Å²) in [5.74, 6) is 0.713. The predicted molar refractivity (Wildman–Crippen MR) is 55.8 cm³/mol. The van der Waals surface area contributed by atoms with Gasteiger partial charge in [0, 0.05) is 25.3 Å². The van der Waals surface area contributed by atoms with Crippen molar-refractivity contribution < 1.29 is 4.74 Å². The van der Waals surface area contributed by atoms with Gasteiger partial charge in [-0.05, 0) is 32.6 Å². The van der Waals surface area contributed by atoms with Crippen molar-refractivity contribution in [2.45, 2.75) is 45.2 Å². The van der Waals surface area contributed by atoms with Gasteiger partial charge in [-0.3, -0.25) is 0 Å². The Kier molecular flexibility index (Phi) is 4.92. The number of nitrogens with one attached hydrogen (secondary N) is 1. The van der Waals surface area contributed by atoms with E-state index in [4.69, 9.17) is 10.00 Å². The van der Waals surface area contributed by atoms with E-state index >= 15 is 0 Å². The summed E-state index contributed by atoms with van der Waals surface area (Å²) < 4.78 is 5.32. The molecule has 1 N–H and O–H groups in total. The van der Waals surface area contributed by atoms with Crippen molar-refractivity contribution >= 4 is 0 Å². The second-order valence-electron chi connectivity index (χ2n) is 4.17. The molecule has 0 aromatic carbocycles. The highest BCUT2D eigenvalue weighted by molar-refractivity contribution is 4.82. The highest BCUT2D eigenvalue weighted by Crippen LogP contribution is 2.18. The Balaban J connectivity index is 2.25. The maximum atomic E-state index is 8.55. The lowest BCUT2D eigenvalue weighted by Gasteiger charge is -2.30. The van der Waals surface area contributed by atoms with Crippen LogP contribution in [0.3, 0.4) is 0 Å². The first-order chi connectivity index (χ1) is 6.74. The van der Waals surface area contributed by atoms with E-state index in [2.05, 4.69) is 25.2 Å². The Bertz CT molecular complexity index is 194. The van der Waals surface area contributed by atoms with Crippen molar-refractivity contribution in [1.29, 1.82) is 5.26 Å². The van der Waals surface area contributed by atoms with Gasteiger partial charge in [0.15, 0.2) is 0 Å². The van der Waals surface area contributed by atoms with E-state index in [-0.39, 0.29) is 0 Å². The van der Waals surface area contributed by atoms with E-state index in [1.165, 1.54) is 0 Å². The molecule has 0 aromatic heterocycles. The minimum Gasteiger partial charge on any atom is -0.381 e. The first kappa shape index (κ1) is 11.5. The maximum Gasteiger partial charge on any atom is 0.0638 e. The van der Waals surface area contributed by atoms with Gasteiger partial charge in [-0.1, -0.05) is 0 Å². The molecule has 0 amide bonds. The Morgan fingerprint density at radius 1 is 1.43 bits per heavy atom. The standard InChI is InChI=1S/C11H20N2O/c1-9(3-6-12)13-10(2)11-4-7-14-8-5-11/h9-11,13H,3-5,7-8H2,1-2H3. The Morgan fingerprint density at radius 2 is 2.07 bits per heavy atom. The summed E-state index contributed by atoms with van der Waals surface area (Å²) in [6.07, 6.45) is 2.88. The van der Waals surface area contributed by atoms with Gasteiger partial charge in [-0.15, -0.1) is 0 Å². The first-order valence-corrected chi connectivity index (χ1v) is 5.44. The SMILES string of the molecule is CC(CC#N)NC(C)C1CCOCC1. The lowest BCUT2D eigenvalue weighted by molar-refractivity contribution is 0.0547. The quantitative estimate of drug-likeness (QED) is 0.744. The second-order valence-corrected chi connectivity index (χ2v) is 4.17. The molecule has 3 nitrogen and oxygen atoms in total. The lowest BCUT2D eigenvalue weighted by Crippen LogP contribution is -2.41. The van der Waals surface area contributed by atoms with Crippen molar-refractivity contribution in [3.8, 4) is 6.07 Å². The van der Waals surface area contributed by atoms with Gasteiger partial charge in [0.05, 0.1) is 12.5 Å². The number of hydrogen-bond donors (Lipinski definition) is 1. The fourth-order valence-corrected chi connectivity index (χ4v) is 2.00. The largest absolute Gasteiger partial charge is 0.381 e. The highest BCUT2D eigenvalue weighted by atomic mass is 16.5. The lowest BCUT2D eigenvalue weighted by atomic mass is 9.92. The Labute approximate surface area is 86.4 Å². The van der Waals surface area contributed by atoms with E-state index in [0.717, 1.165) is 26.1 Å². The molecule has 2 atom stereocenters. The molecule has 0 aliphatic carbocycles. The van der Waals surface area contributed by atoms with Crippen LogP contribution < -0.4 is 5.32 Å². The average molecular weight is 196 g/mol. The smallest absolute Gasteiger partial charge is 0.0638 e. The molecule has 1 fully saturated rings. The minimum atomic E-state index is 0.304. The molecular formula is C11H20N2O. The molecule has 1 aliphatic heterocycles. The Hall–Kier alpha value is -0.590. The van der Waals surface area contributed by atoms with Crippen molar-refractivity contribution in [3.05, 3.63) is 0 Å². The van der Waals surface area contributed by atoms with Crippen LogP contribution in [0.1, 0.15) is 33.1 Å². The van der Waals surface area contributed by atoms with Crippen LogP contribution in [0.15, 0.2) is 0 Å². The van der Waals surface area contributed by atoms with Crippen molar-refractivity contribution in [1.82, 2.24) is 5.32 Å². The molecule has 3 heteroatoms. The van der Waals surface area contributed by atoms with Gasteiger partial charge in [0.2, 0.25) is 0 Å². The topological polar surface area (TPSA) is 45.0 Å². The minimum absolute atomic E-state index is 0.304. The maximum absolute atomic E-state index is 8.55. The molecule has 0 spiro atoms. The fourth-order valence-electron chi connectivity index (χ4n) is 2.00. The van der Waals surface area contributed by atoms with Gasteiger partial charge >= 0.3 is 0 Å². The zero-order valence-corrected chi connectivity index (χ0v) is 9.12. The Morgan fingerprint density at radius 3 is 2.64 bits per heavy atom. The van der Waals surface area contributed by atoms with Crippen molar-refractivity contribution in [3.63, 3.8) is 0 Å². The molecule has 1 aliphatic rings. The monoisotopic (exact) mass is 196 g/mol. The number of nitrogens with zero attached hydrogens (tertiary/aromatic N) is 1. The molecule has 0 saturated carbocycles. The molecule has 2 unspecified atom stereocenters. The van der Waals surface area contributed by atoms with E-state index in [1.807, 2.05) is 0 Å². The molecular weight excluding hydrogens is 176 g/mol. The summed E-state index contributed by atoms with van der Waals surface area (Å²) in [5, 5.41) is 12.0. The van der Waals surface area contributed by atoms with Crippen LogP contribution in [0.4, 0.5) is 0 Å². The van der Waals surface area contributed by atoms with Crippen LogP contribution in [0.5, 0.6) is 0 Å². The van der Waals surface area contributed by atoms with E-state index in [1.54, 1.807) is 0 Å². The molecule has 1 rings (SSSR count). The van der Waals surface area contributed by atoms with Crippen molar-refractivity contribution in [2.24, 2.45) is 5.92 Å². The molecule has 0 aromatic rings. The zero-order valence-electron chi connectivity index (χ0n) is 9.12. The molecule has 1 saturated heterocycles. The summed E-state index contributed by atoms with van der Waals surface area (Å²) in [5.41, 5.74) is 0. The van der Waals surface area contributed by atoms with Gasteiger partial charge in [0.25, 0.3) is 0 Å². The average Bonchev–Trinajstić information content (AvgIpc) is 2.19. The summed E-state index contributed by atoms with van der Waals surface area (Å²) in [7, 11) is 0. The molecule has 80 valence electrons. The summed E-state index contributed by atoms with van der Waals surface area (Å²) in [4.78, 5) is 0. The summed E-state index contributed by atoms with van der Waals surface area (Å²) in [6, 6.07) is 2.99. The van der Waals surface area contributed by atoms with E-state index < -0.39 is 0 Å². The molecule has 0 radical (unpaired) electrons. The number of ether oxygens (including phenoxy) is 1. The normalized spacial score (nSPS) is 22.6. The highest BCUT2D eigenvalue weighted by Gasteiger charge is 2.21. The van der Waals surface area contributed by atoms with Crippen LogP contribution in [0.2, 0.25) is 0 Å². The fraction of sp³-hybridized carbons (Fsp3) is 0.909. The van der Waals surface area contributed by atoms with Gasteiger partial charge in [-0.2, -0.15) is 5.26 Å². The van der Waals surface area contributed by atoms with E-state index in [0.29, 0.717) is 24.4 Å². The van der Waals surface area contributed by atoms with E-state index in [9.17, 15) is 0 Å². The zero-order chi connectivity index (χ0) is 10.4. The van der Waals surface area contributed by atoms with Crippen LogP contribution in [0.25, 0.3) is 0 Å².